The van der Waals surface area contributed by atoms with Crippen LogP contribution < -0.4 is 5.32 Å². The first-order valence-electron chi connectivity index (χ1n) is 10.1. The molecule has 1 N–H and O–H groups in total. The van der Waals surface area contributed by atoms with Gasteiger partial charge in [-0.25, -0.2) is 13.8 Å². The Labute approximate surface area is 173 Å². The standard InChI is InChI=1S/C21H24ClF2N5/c1-4-13(5-2)26-20-14-7-6-8-16(14)27-21-17(11(3)28-29(20)21)18-15(22)9-12(10-25-18)19(23)24/h9-10,13,19,26H,4-8H2,1-3H3. The molecule has 0 saturated carbocycles. The van der Waals surface area contributed by atoms with Crippen LogP contribution in [0.3, 0.4) is 0 Å². The molecule has 8 heteroatoms. The van der Waals surface area contributed by atoms with Crippen LogP contribution in [0.5, 0.6) is 0 Å². The van der Waals surface area contributed by atoms with E-state index in [1.807, 2.05) is 11.4 Å². The fraction of sp³-hybridized carbons (Fsp3) is 0.476. The SMILES string of the molecule is CCC(CC)Nc1c2c(nc3c(-c4ncc(C(F)F)cc4Cl)c(C)nn13)CCC2. The van der Waals surface area contributed by atoms with Crippen molar-refractivity contribution in [3.8, 4) is 11.3 Å². The minimum absolute atomic E-state index is 0.178. The Balaban J connectivity index is 1.93. The van der Waals surface area contributed by atoms with Gasteiger partial charge in [-0.2, -0.15) is 9.61 Å². The van der Waals surface area contributed by atoms with Gasteiger partial charge in [0.1, 0.15) is 5.82 Å². The predicted octanol–water partition coefficient (Wildman–Crippen LogP) is 5.78. The van der Waals surface area contributed by atoms with Crippen LogP contribution in [0.1, 0.15) is 62.1 Å². The molecule has 0 saturated heterocycles. The molecule has 5 nitrogen and oxygen atoms in total. The van der Waals surface area contributed by atoms with E-state index in [0.29, 0.717) is 28.6 Å². The summed E-state index contributed by atoms with van der Waals surface area (Å²) in [6.45, 7) is 6.19. The van der Waals surface area contributed by atoms with Gasteiger partial charge in [0.15, 0.2) is 5.65 Å². The van der Waals surface area contributed by atoms with Crippen LogP contribution in [0, 0.1) is 6.92 Å². The molecule has 3 aromatic rings. The summed E-state index contributed by atoms with van der Waals surface area (Å²) in [5.41, 5.74) is 4.58. The maximum Gasteiger partial charge on any atom is 0.265 e. The lowest BCUT2D eigenvalue weighted by Crippen LogP contribution is -2.21. The summed E-state index contributed by atoms with van der Waals surface area (Å²) in [6, 6.07) is 1.61. The van der Waals surface area contributed by atoms with Crippen LogP contribution in [-0.4, -0.2) is 25.6 Å². The Hall–Kier alpha value is -2.28. The monoisotopic (exact) mass is 419 g/mol. The van der Waals surface area contributed by atoms with Gasteiger partial charge >= 0.3 is 0 Å². The van der Waals surface area contributed by atoms with Gasteiger partial charge in [0.2, 0.25) is 0 Å². The fourth-order valence-electron chi connectivity index (χ4n) is 4.00. The average molecular weight is 420 g/mol. The van der Waals surface area contributed by atoms with Crippen LogP contribution in [0.25, 0.3) is 16.9 Å². The summed E-state index contributed by atoms with van der Waals surface area (Å²) < 4.78 is 27.9. The Morgan fingerprint density at radius 1 is 1.24 bits per heavy atom. The van der Waals surface area contributed by atoms with E-state index in [4.69, 9.17) is 21.7 Å². The van der Waals surface area contributed by atoms with E-state index >= 15 is 0 Å². The van der Waals surface area contributed by atoms with E-state index < -0.39 is 6.43 Å². The predicted molar refractivity (Wildman–Crippen MR) is 111 cm³/mol. The quantitative estimate of drug-likeness (QED) is 0.550. The van der Waals surface area contributed by atoms with E-state index in [0.717, 1.165) is 43.6 Å². The summed E-state index contributed by atoms with van der Waals surface area (Å²) >= 11 is 6.35. The number of aromatic nitrogens is 4. The van der Waals surface area contributed by atoms with Gasteiger partial charge in [-0.1, -0.05) is 25.4 Å². The number of nitrogens with zero attached hydrogens (tertiary/aromatic N) is 4. The third-order valence-electron chi connectivity index (χ3n) is 5.64. The van der Waals surface area contributed by atoms with Crippen molar-refractivity contribution >= 4 is 23.1 Å². The molecule has 0 aliphatic heterocycles. The summed E-state index contributed by atoms with van der Waals surface area (Å²) in [5.74, 6) is 0.978. The average Bonchev–Trinajstić information content (AvgIpc) is 3.29. The lowest BCUT2D eigenvalue weighted by molar-refractivity contribution is 0.151. The summed E-state index contributed by atoms with van der Waals surface area (Å²) in [5, 5.41) is 8.57. The van der Waals surface area contributed by atoms with Gasteiger partial charge in [-0.05, 0) is 45.1 Å². The van der Waals surface area contributed by atoms with Gasteiger partial charge in [-0.3, -0.25) is 4.98 Å². The lowest BCUT2D eigenvalue weighted by Gasteiger charge is -2.19. The van der Waals surface area contributed by atoms with Crippen molar-refractivity contribution in [2.45, 2.75) is 65.3 Å². The van der Waals surface area contributed by atoms with E-state index in [2.05, 4.69) is 24.1 Å². The van der Waals surface area contributed by atoms with E-state index in [9.17, 15) is 8.78 Å². The smallest absolute Gasteiger partial charge is 0.265 e. The summed E-state index contributed by atoms with van der Waals surface area (Å²) in [7, 11) is 0. The van der Waals surface area contributed by atoms with Crippen LogP contribution in [0.15, 0.2) is 12.3 Å². The molecule has 1 aliphatic rings. The lowest BCUT2D eigenvalue weighted by atomic mass is 10.1. The first kappa shape index (κ1) is 20.0. The highest BCUT2D eigenvalue weighted by molar-refractivity contribution is 6.33. The van der Waals surface area contributed by atoms with Crippen molar-refractivity contribution in [2.24, 2.45) is 0 Å². The van der Waals surface area contributed by atoms with Crippen molar-refractivity contribution in [3.63, 3.8) is 0 Å². The topological polar surface area (TPSA) is 55.1 Å². The highest BCUT2D eigenvalue weighted by Gasteiger charge is 2.26. The number of hydrogen-bond acceptors (Lipinski definition) is 4. The molecule has 0 amide bonds. The van der Waals surface area contributed by atoms with Crippen molar-refractivity contribution in [3.05, 3.63) is 39.8 Å². The zero-order chi connectivity index (χ0) is 20.7. The number of alkyl halides is 2. The highest BCUT2D eigenvalue weighted by atomic mass is 35.5. The number of anilines is 1. The third-order valence-corrected chi connectivity index (χ3v) is 5.93. The Morgan fingerprint density at radius 3 is 2.66 bits per heavy atom. The van der Waals surface area contributed by atoms with E-state index in [-0.39, 0.29) is 10.6 Å². The molecule has 0 aromatic carbocycles. The van der Waals surface area contributed by atoms with Crippen LogP contribution in [-0.2, 0) is 12.8 Å². The molecule has 0 spiro atoms. The number of rotatable bonds is 6. The molecule has 0 fully saturated rings. The zero-order valence-electron chi connectivity index (χ0n) is 16.8. The van der Waals surface area contributed by atoms with Gasteiger partial charge < -0.3 is 5.32 Å². The molecule has 3 heterocycles. The largest absolute Gasteiger partial charge is 0.367 e. The van der Waals surface area contributed by atoms with Crippen molar-refractivity contribution in [2.75, 3.05) is 5.32 Å². The molecular weight excluding hydrogens is 396 g/mol. The third kappa shape index (κ3) is 3.45. The minimum atomic E-state index is -2.61. The molecule has 154 valence electrons. The number of hydrogen-bond donors (Lipinski definition) is 1. The molecular formula is C21H24ClF2N5. The van der Waals surface area contributed by atoms with Gasteiger partial charge in [0.25, 0.3) is 6.43 Å². The Morgan fingerprint density at radius 2 is 2.00 bits per heavy atom. The second-order valence-corrected chi connectivity index (χ2v) is 7.90. The van der Waals surface area contributed by atoms with Crippen molar-refractivity contribution < 1.29 is 8.78 Å². The zero-order valence-corrected chi connectivity index (χ0v) is 17.5. The van der Waals surface area contributed by atoms with Crippen molar-refractivity contribution in [1.82, 2.24) is 19.6 Å². The summed E-state index contributed by atoms with van der Waals surface area (Å²) in [4.78, 5) is 9.13. The van der Waals surface area contributed by atoms with E-state index in [1.165, 1.54) is 17.8 Å². The number of fused-ring (bicyclic) bond motifs is 2. The van der Waals surface area contributed by atoms with Gasteiger partial charge in [0.05, 0.1) is 22.0 Å². The second kappa shape index (κ2) is 7.86. The molecule has 4 rings (SSSR count). The maximum atomic E-state index is 13.0. The highest BCUT2D eigenvalue weighted by Crippen LogP contribution is 2.37. The Bertz CT molecular complexity index is 1060. The van der Waals surface area contributed by atoms with Crippen LogP contribution >= 0.6 is 11.6 Å². The first-order chi connectivity index (χ1) is 13.9. The maximum absolute atomic E-state index is 13.0. The number of pyridine rings is 1. The molecule has 29 heavy (non-hydrogen) atoms. The number of aryl methyl sites for hydroxylation is 2. The molecule has 0 atom stereocenters. The molecule has 0 unspecified atom stereocenters. The number of nitrogens with one attached hydrogen (secondary N) is 1. The van der Waals surface area contributed by atoms with Gasteiger partial charge in [0, 0.05) is 29.1 Å². The Kier molecular flexibility index (Phi) is 5.42. The number of halogens is 3. The molecule has 0 radical (unpaired) electrons. The minimum Gasteiger partial charge on any atom is -0.367 e. The van der Waals surface area contributed by atoms with Gasteiger partial charge in [-0.15, -0.1) is 0 Å². The molecule has 0 bridgehead atoms. The molecule has 1 aliphatic carbocycles. The van der Waals surface area contributed by atoms with Crippen LogP contribution in [0.2, 0.25) is 5.02 Å². The van der Waals surface area contributed by atoms with E-state index in [1.54, 1.807) is 0 Å². The normalized spacial score (nSPS) is 13.7. The molecule has 3 aromatic heterocycles. The fourth-order valence-corrected chi connectivity index (χ4v) is 4.27. The first-order valence-corrected chi connectivity index (χ1v) is 10.4. The second-order valence-electron chi connectivity index (χ2n) is 7.49. The van der Waals surface area contributed by atoms with Crippen molar-refractivity contribution in [1.29, 1.82) is 0 Å². The van der Waals surface area contributed by atoms with Crippen LogP contribution in [0.4, 0.5) is 14.6 Å². The summed E-state index contributed by atoms with van der Waals surface area (Å²) in [6.07, 6.45) is 3.51.